The summed E-state index contributed by atoms with van der Waals surface area (Å²) in [6, 6.07) is 2.11. The quantitative estimate of drug-likeness (QED) is 0.0893. The molecule has 320 valence electrons. The highest BCUT2D eigenvalue weighted by Crippen LogP contribution is 2.32. The molecular weight excluding hydrogens is 805 g/mol. The van der Waals surface area contributed by atoms with Crippen molar-refractivity contribution in [3.63, 3.8) is 0 Å². The van der Waals surface area contributed by atoms with Gasteiger partial charge in [0.2, 0.25) is 0 Å². The van der Waals surface area contributed by atoms with Gasteiger partial charge in [-0.15, -0.1) is 0 Å². The highest BCUT2D eigenvalue weighted by molar-refractivity contribution is 8.06. The lowest BCUT2D eigenvalue weighted by Crippen LogP contribution is -2.43. The largest absolute Gasteiger partial charge is 0.332 e. The molecule has 2 aliphatic heterocycles. The van der Waals surface area contributed by atoms with Gasteiger partial charge in [-0.05, 0) is 74.6 Å². The Morgan fingerprint density at radius 2 is 1.54 bits per heavy atom. The van der Waals surface area contributed by atoms with Crippen LogP contribution in [0.25, 0.3) is 33.8 Å². The number of nitrogens with zero attached hydrogens (tertiary/aromatic N) is 12. The number of piperazine rings is 1. The number of aromatic amines is 2. The summed E-state index contributed by atoms with van der Waals surface area (Å²) in [4.78, 5) is 27.2. The standard InChI is InChI=1S/C24H33N7S.C19H23N9S/c1-16(2)9-22(32-19(5)15-30-8-6-7-17(3)13-30)29-23-24-25-12-21(20-10-26-27-11-20)31(24)14-18(4)28-23;1-13-11-28-16(14-8-21-22-9-14)10-20-19(28)18(23-13)24-17-7-15(25-29-17)12-27-5-3-26(2)4-6-27/h9-12,14,16-17H,5-8,13,15H2,1-4H3,(H,26,27)(H,28,29);7-11H,3-6,12H2,1-2H3,(H,21,22)(H,23,24)/b22-9-;. The van der Waals surface area contributed by atoms with Crippen molar-refractivity contribution in [1.82, 2.24) is 68.2 Å². The van der Waals surface area contributed by atoms with Crippen LogP contribution in [0.4, 0.5) is 16.6 Å². The van der Waals surface area contributed by atoms with Crippen molar-refractivity contribution in [1.29, 1.82) is 0 Å². The lowest BCUT2D eigenvalue weighted by atomic mass is 10.0. The summed E-state index contributed by atoms with van der Waals surface area (Å²) in [6.45, 7) is 23.6. The summed E-state index contributed by atoms with van der Waals surface area (Å²) < 4.78 is 8.74. The van der Waals surface area contributed by atoms with Crippen molar-refractivity contribution < 1.29 is 0 Å². The van der Waals surface area contributed by atoms with Crippen LogP contribution in [0.15, 0.2) is 78.2 Å². The van der Waals surface area contributed by atoms with E-state index < -0.39 is 0 Å². The van der Waals surface area contributed by atoms with Crippen molar-refractivity contribution in [2.45, 2.75) is 54.0 Å². The molecule has 9 heterocycles. The first-order valence-corrected chi connectivity index (χ1v) is 22.5. The van der Waals surface area contributed by atoms with Gasteiger partial charge in [-0.25, -0.2) is 19.9 Å². The van der Waals surface area contributed by atoms with Crippen LogP contribution in [0.1, 0.15) is 50.7 Å². The summed E-state index contributed by atoms with van der Waals surface area (Å²) in [5, 5.41) is 22.8. The van der Waals surface area contributed by atoms with Gasteiger partial charge >= 0.3 is 0 Å². The molecule has 61 heavy (non-hydrogen) atoms. The molecule has 0 bridgehead atoms. The van der Waals surface area contributed by atoms with Crippen LogP contribution < -0.4 is 10.6 Å². The number of rotatable bonds is 13. The number of hydrogen-bond acceptors (Lipinski definition) is 14. The highest BCUT2D eigenvalue weighted by atomic mass is 32.2. The number of fused-ring (bicyclic) bond motifs is 2. The molecule has 1 unspecified atom stereocenters. The molecule has 0 radical (unpaired) electrons. The van der Waals surface area contributed by atoms with Crippen LogP contribution in [-0.4, -0.2) is 121 Å². The van der Waals surface area contributed by atoms with Crippen LogP contribution in [0, 0.1) is 25.7 Å². The van der Waals surface area contributed by atoms with E-state index in [-0.39, 0.29) is 0 Å². The summed E-state index contributed by atoms with van der Waals surface area (Å²) in [6.07, 6.45) is 19.9. The Bertz CT molecular complexity index is 2560. The maximum Gasteiger partial charge on any atom is 0.180 e. The maximum absolute atomic E-state index is 4.76. The third kappa shape index (κ3) is 10.6. The van der Waals surface area contributed by atoms with E-state index in [4.69, 9.17) is 4.98 Å². The number of H-pyrrole nitrogens is 2. The van der Waals surface area contributed by atoms with Gasteiger partial charge in [-0.3, -0.25) is 28.8 Å². The Morgan fingerprint density at radius 1 is 0.902 bits per heavy atom. The Morgan fingerprint density at radius 3 is 2.15 bits per heavy atom. The number of likely N-dealkylation sites (tertiary alicyclic amines) is 1. The molecule has 0 spiro atoms. The van der Waals surface area contributed by atoms with Gasteiger partial charge in [0, 0.05) is 81.7 Å². The highest BCUT2D eigenvalue weighted by Gasteiger charge is 2.20. The Kier molecular flexibility index (Phi) is 13.3. The zero-order valence-electron chi connectivity index (χ0n) is 35.9. The topological polar surface area (TPSA) is 164 Å². The lowest BCUT2D eigenvalue weighted by molar-refractivity contribution is 0.147. The molecule has 1 atom stereocenters. The number of piperidine rings is 1. The molecule has 16 nitrogen and oxygen atoms in total. The predicted octanol–water partition coefficient (Wildman–Crippen LogP) is 7.69. The third-order valence-corrected chi connectivity index (χ3v) is 12.3. The predicted molar refractivity (Wildman–Crippen MR) is 247 cm³/mol. The molecule has 0 aromatic carbocycles. The van der Waals surface area contributed by atoms with E-state index in [1.54, 1.807) is 24.2 Å². The number of anilines is 3. The fraction of sp³-hybridized carbons (Fsp3) is 0.419. The first kappa shape index (κ1) is 42.3. The van der Waals surface area contributed by atoms with Gasteiger partial charge in [-0.2, -0.15) is 14.6 Å². The average molecular weight is 861 g/mol. The van der Waals surface area contributed by atoms with E-state index in [0.717, 1.165) is 136 Å². The van der Waals surface area contributed by atoms with Crippen molar-refractivity contribution in [3.8, 4) is 22.5 Å². The molecule has 2 aliphatic rings. The SMILES string of the molecule is C=C(CN1CCCC(C)C1)S/C(=C\C(C)C)Nc1nc(C)cn2c(-c3cn[nH]c3)cnc12.Cc1cn2c(-c3cn[nH]c3)cnc2c(Nc2cc(CN3CCN(C)CC3)ns2)n1. The molecule has 9 rings (SSSR count). The number of thioether (sulfide) groups is 1. The first-order valence-electron chi connectivity index (χ1n) is 20.9. The van der Waals surface area contributed by atoms with E-state index in [1.807, 2.05) is 55.4 Å². The van der Waals surface area contributed by atoms with Crippen molar-refractivity contribution in [2.75, 3.05) is 63.5 Å². The van der Waals surface area contributed by atoms with E-state index in [1.165, 1.54) is 24.4 Å². The van der Waals surface area contributed by atoms with Crippen molar-refractivity contribution >= 4 is 51.2 Å². The minimum atomic E-state index is 0.398. The smallest absolute Gasteiger partial charge is 0.180 e. The molecule has 0 amide bonds. The lowest BCUT2D eigenvalue weighted by Gasteiger charge is -2.31. The number of hydrogen-bond donors (Lipinski definition) is 4. The van der Waals surface area contributed by atoms with E-state index in [9.17, 15) is 0 Å². The van der Waals surface area contributed by atoms with Gasteiger partial charge in [-0.1, -0.05) is 45.2 Å². The van der Waals surface area contributed by atoms with E-state index in [0.29, 0.717) is 5.92 Å². The molecule has 2 fully saturated rings. The second-order valence-corrected chi connectivity index (χ2v) is 18.5. The Hall–Kier alpha value is -5.40. The summed E-state index contributed by atoms with van der Waals surface area (Å²) in [5.74, 6) is 2.64. The molecule has 7 aromatic rings. The van der Waals surface area contributed by atoms with Crippen LogP contribution >= 0.6 is 23.3 Å². The fourth-order valence-corrected chi connectivity index (χ4v) is 9.48. The zero-order valence-corrected chi connectivity index (χ0v) is 37.5. The monoisotopic (exact) mass is 860 g/mol. The van der Waals surface area contributed by atoms with E-state index >= 15 is 0 Å². The van der Waals surface area contributed by atoms with E-state index in [2.05, 4.69) is 116 Å². The molecule has 7 aromatic heterocycles. The number of likely N-dealkylation sites (N-methyl/N-ethyl adjacent to an activating group) is 1. The Labute approximate surface area is 365 Å². The fourth-order valence-electron chi connectivity index (χ4n) is 7.78. The maximum atomic E-state index is 4.76. The third-order valence-electron chi connectivity index (χ3n) is 10.7. The molecule has 18 heteroatoms. The average Bonchev–Trinajstić information content (AvgIpc) is 4.07. The van der Waals surface area contributed by atoms with Crippen LogP contribution in [0.5, 0.6) is 0 Å². The Balaban J connectivity index is 0.000000169. The van der Waals surface area contributed by atoms with Gasteiger partial charge in [0.25, 0.3) is 0 Å². The number of allylic oxidation sites excluding steroid dienone is 1. The molecule has 0 aliphatic carbocycles. The number of imidazole rings is 2. The number of aromatic nitrogens is 11. The summed E-state index contributed by atoms with van der Waals surface area (Å²) in [7, 11) is 2.17. The van der Waals surface area contributed by atoms with Crippen LogP contribution in [0.3, 0.4) is 0 Å². The second-order valence-electron chi connectivity index (χ2n) is 16.5. The van der Waals surface area contributed by atoms with Crippen molar-refractivity contribution in [3.05, 3.63) is 95.3 Å². The van der Waals surface area contributed by atoms with Gasteiger partial charge < -0.3 is 15.5 Å². The number of aryl methyl sites for hydroxylation is 2. The van der Waals surface area contributed by atoms with Gasteiger partial charge in [0.05, 0.1) is 58.3 Å². The summed E-state index contributed by atoms with van der Waals surface area (Å²) >= 11 is 3.17. The minimum Gasteiger partial charge on any atom is -0.332 e. The summed E-state index contributed by atoms with van der Waals surface area (Å²) in [5.41, 5.74) is 8.41. The second kappa shape index (κ2) is 19.1. The minimum absolute atomic E-state index is 0.398. The zero-order chi connectivity index (χ0) is 42.5. The molecular formula is C43H56N16S2. The molecule has 0 saturated carbocycles. The molecule has 4 N–H and O–H groups in total. The number of nitrogens with one attached hydrogen (secondary N) is 4. The molecule has 2 saturated heterocycles. The first-order chi connectivity index (χ1) is 29.5. The van der Waals surface area contributed by atoms with Crippen LogP contribution in [0.2, 0.25) is 0 Å². The van der Waals surface area contributed by atoms with Gasteiger partial charge in [0.1, 0.15) is 5.00 Å². The van der Waals surface area contributed by atoms with Crippen LogP contribution in [-0.2, 0) is 6.54 Å². The van der Waals surface area contributed by atoms with Gasteiger partial charge in [0.15, 0.2) is 22.9 Å². The normalized spacial score (nSPS) is 17.0. The van der Waals surface area contributed by atoms with Crippen molar-refractivity contribution in [2.24, 2.45) is 11.8 Å².